The molecular weight excluding hydrogens is 289 g/mol. The van der Waals surface area contributed by atoms with Crippen molar-refractivity contribution in [3.63, 3.8) is 0 Å². The molecule has 2 unspecified atom stereocenters. The minimum Gasteiger partial charge on any atom is -0.349 e. The molecule has 4 aliphatic carbocycles. The Morgan fingerprint density at radius 1 is 1.19 bits per heavy atom. The molecule has 0 aromatic heterocycles. The second-order valence-corrected chi connectivity index (χ2v) is 7.40. The van der Waals surface area contributed by atoms with E-state index in [1.165, 1.54) is 11.1 Å². The van der Waals surface area contributed by atoms with Crippen molar-refractivity contribution in [3.05, 3.63) is 35.4 Å². The molecule has 112 valence electrons. The Bertz CT molecular complexity index is 567. The van der Waals surface area contributed by atoms with Gasteiger partial charge in [0, 0.05) is 12.0 Å². The summed E-state index contributed by atoms with van der Waals surface area (Å²) < 4.78 is 15.3. The molecule has 0 heterocycles. The number of carbonyl (C=O) groups is 1. The quantitative estimate of drug-likeness (QED) is 0.830. The monoisotopic (exact) mass is 307 g/mol. The van der Waals surface area contributed by atoms with Gasteiger partial charge in [0.25, 0.3) is 0 Å². The highest BCUT2D eigenvalue weighted by atomic mass is 35.5. The molecule has 4 bridgehead atoms. The zero-order valence-electron chi connectivity index (χ0n) is 11.9. The summed E-state index contributed by atoms with van der Waals surface area (Å²) >= 11 is 5.65. The van der Waals surface area contributed by atoms with Crippen molar-refractivity contribution in [1.29, 1.82) is 0 Å². The number of amides is 1. The summed E-state index contributed by atoms with van der Waals surface area (Å²) in [5.41, 5.74) is 1.03. The highest BCUT2D eigenvalue weighted by Gasteiger charge is 2.57. The fourth-order valence-electron chi connectivity index (χ4n) is 5.20. The second-order valence-electron chi connectivity index (χ2n) is 7.13. The van der Waals surface area contributed by atoms with Crippen LogP contribution in [0.25, 0.3) is 0 Å². The summed E-state index contributed by atoms with van der Waals surface area (Å²) in [6.45, 7) is 0. The molecule has 4 aliphatic rings. The van der Waals surface area contributed by atoms with Gasteiger partial charge in [-0.05, 0) is 48.6 Å². The Hall–Kier alpha value is -1.09. The smallest absolute Gasteiger partial charge is 0.235 e. The van der Waals surface area contributed by atoms with E-state index in [0.717, 1.165) is 12.8 Å². The van der Waals surface area contributed by atoms with Gasteiger partial charge in [-0.2, -0.15) is 0 Å². The fourth-order valence-corrected chi connectivity index (χ4v) is 5.27. The van der Waals surface area contributed by atoms with Gasteiger partial charge < -0.3 is 5.32 Å². The number of alkyl halides is 2. The van der Waals surface area contributed by atoms with Gasteiger partial charge in [-0.3, -0.25) is 4.79 Å². The lowest BCUT2D eigenvalue weighted by atomic mass is 9.61. The van der Waals surface area contributed by atoms with Crippen LogP contribution >= 0.6 is 11.6 Å². The number of carbonyl (C=O) groups excluding carboxylic acids is 1. The molecule has 1 amide bonds. The topological polar surface area (TPSA) is 29.1 Å². The molecule has 2 atom stereocenters. The van der Waals surface area contributed by atoms with Crippen molar-refractivity contribution < 1.29 is 9.18 Å². The molecule has 2 nitrogen and oxygen atoms in total. The Kier molecular flexibility index (Phi) is 2.88. The van der Waals surface area contributed by atoms with Crippen LogP contribution < -0.4 is 5.32 Å². The van der Waals surface area contributed by atoms with E-state index in [4.69, 9.17) is 11.6 Å². The van der Waals surface area contributed by atoms with Crippen LogP contribution in [0.15, 0.2) is 24.3 Å². The lowest BCUT2D eigenvalue weighted by Gasteiger charge is -2.51. The van der Waals surface area contributed by atoms with Crippen molar-refractivity contribution >= 4 is 17.5 Å². The number of benzene rings is 1. The Morgan fingerprint density at radius 3 is 2.29 bits per heavy atom. The second kappa shape index (κ2) is 4.45. The lowest BCUT2D eigenvalue weighted by Crippen LogP contribution is -2.59. The van der Waals surface area contributed by atoms with E-state index in [9.17, 15) is 4.79 Å². The molecule has 4 heteroatoms. The molecular formula is C17H19ClFNO. The largest absolute Gasteiger partial charge is 0.349 e. The molecule has 1 aromatic rings. The highest BCUT2D eigenvalue weighted by molar-refractivity contribution is 6.27. The highest BCUT2D eigenvalue weighted by Crippen LogP contribution is 2.60. The van der Waals surface area contributed by atoms with Crippen molar-refractivity contribution in [2.75, 3.05) is 5.88 Å². The predicted octanol–water partition coefficient (Wildman–Crippen LogP) is 3.65. The summed E-state index contributed by atoms with van der Waals surface area (Å²) in [6.07, 6.45) is 3.32. The SMILES string of the molecule is O=C(CCl)NC12CC3CC(F)(CC(C1)c1ccccc13)C2. The third kappa shape index (κ3) is 2.09. The van der Waals surface area contributed by atoms with E-state index in [2.05, 4.69) is 17.4 Å². The third-order valence-corrected chi connectivity index (χ3v) is 5.80. The Balaban J connectivity index is 1.79. The van der Waals surface area contributed by atoms with Crippen molar-refractivity contribution in [1.82, 2.24) is 5.32 Å². The third-order valence-electron chi connectivity index (χ3n) is 5.56. The van der Waals surface area contributed by atoms with E-state index in [1.54, 1.807) is 0 Å². The Morgan fingerprint density at radius 2 is 1.76 bits per heavy atom. The zero-order valence-corrected chi connectivity index (χ0v) is 12.6. The molecule has 1 N–H and O–H groups in total. The minimum atomic E-state index is -1.15. The maximum absolute atomic E-state index is 15.3. The van der Waals surface area contributed by atoms with E-state index in [-0.39, 0.29) is 23.6 Å². The van der Waals surface area contributed by atoms with Gasteiger partial charge in [0.05, 0.1) is 0 Å². The molecule has 21 heavy (non-hydrogen) atoms. The average Bonchev–Trinajstić information content (AvgIpc) is 2.58. The van der Waals surface area contributed by atoms with Gasteiger partial charge in [-0.25, -0.2) is 4.39 Å². The number of halogens is 2. The summed E-state index contributed by atoms with van der Waals surface area (Å²) in [4.78, 5) is 11.8. The average molecular weight is 308 g/mol. The van der Waals surface area contributed by atoms with E-state index in [1.807, 2.05) is 12.1 Å². The summed E-state index contributed by atoms with van der Waals surface area (Å²) in [6, 6.07) is 8.37. The molecule has 0 radical (unpaired) electrons. The fraction of sp³-hybridized carbons (Fsp3) is 0.588. The molecule has 5 rings (SSSR count). The van der Waals surface area contributed by atoms with Crippen LogP contribution in [-0.4, -0.2) is 23.0 Å². The molecule has 1 aromatic carbocycles. The first-order valence-electron chi connectivity index (χ1n) is 7.67. The number of hydrogen-bond donors (Lipinski definition) is 1. The summed E-state index contributed by atoms with van der Waals surface area (Å²) in [5.74, 6) is 0.195. The lowest BCUT2D eigenvalue weighted by molar-refractivity contribution is -0.123. The van der Waals surface area contributed by atoms with Crippen LogP contribution in [0.3, 0.4) is 0 Å². The summed E-state index contributed by atoms with van der Waals surface area (Å²) in [5, 5.41) is 3.06. The number of rotatable bonds is 2. The molecule has 0 aliphatic heterocycles. The normalized spacial score (nSPS) is 39.7. The molecule has 2 saturated carbocycles. The predicted molar refractivity (Wildman–Crippen MR) is 80.4 cm³/mol. The van der Waals surface area contributed by atoms with Gasteiger partial charge in [0.1, 0.15) is 11.5 Å². The zero-order chi connectivity index (χ0) is 14.7. The van der Waals surface area contributed by atoms with E-state index in [0.29, 0.717) is 19.3 Å². The van der Waals surface area contributed by atoms with Crippen LogP contribution in [0.5, 0.6) is 0 Å². The first-order valence-corrected chi connectivity index (χ1v) is 8.21. The molecule has 0 saturated heterocycles. The van der Waals surface area contributed by atoms with Gasteiger partial charge in [0.15, 0.2) is 0 Å². The van der Waals surface area contributed by atoms with Gasteiger partial charge in [0.2, 0.25) is 5.91 Å². The molecule has 0 spiro atoms. The van der Waals surface area contributed by atoms with Crippen LogP contribution in [-0.2, 0) is 4.79 Å². The van der Waals surface area contributed by atoms with Crippen LogP contribution in [0.1, 0.15) is 55.1 Å². The number of nitrogens with one attached hydrogen (secondary N) is 1. The van der Waals surface area contributed by atoms with Gasteiger partial charge >= 0.3 is 0 Å². The molecule has 2 fully saturated rings. The standard InChI is InChI=1S/C17H19ClFNO/c18-9-15(21)20-17-7-11-5-16(19,10-17)6-12(8-17)14-4-2-1-3-13(11)14/h1-4,11-12H,5-10H2,(H,20,21). The maximum Gasteiger partial charge on any atom is 0.235 e. The van der Waals surface area contributed by atoms with E-state index >= 15 is 4.39 Å². The van der Waals surface area contributed by atoms with Crippen LogP contribution in [0.4, 0.5) is 4.39 Å². The van der Waals surface area contributed by atoms with Crippen molar-refractivity contribution in [2.45, 2.75) is 55.1 Å². The van der Waals surface area contributed by atoms with Crippen LogP contribution in [0, 0.1) is 0 Å². The van der Waals surface area contributed by atoms with E-state index < -0.39 is 11.2 Å². The minimum absolute atomic E-state index is 0.0523. The van der Waals surface area contributed by atoms with Crippen molar-refractivity contribution in [2.24, 2.45) is 0 Å². The first-order chi connectivity index (χ1) is 10.0. The van der Waals surface area contributed by atoms with Crippen LogP contribution in [0.2, 0.25) is 0 Å². The first kappa shape index (κ1) is 13.6. The summed E-state index contributed by atoms with van der Waals surface area (Å²) in [7, 11) is 0. The van der Waals surface area contributed by atoms with Gasteiger partial charge in [-0.15, -0.1) is 11.6 Å². The Labute approximate surface area is 129 Å². The number of hydrogen-bond acceptors (Lipinski definition) is 1. The maximum atomic E-state index is 15.3. The van der Waals surface area contributed by atoms with Crippen molar-refractivity contribution in [3.8, 4) is 0 Å². The van der Waals surface area contributed by atoms with Gasteiger partial charge in [-0.1, -0.05) is 24.3 Å².